The van der Waals surface area contributed by atoms with Gasteiger partial charge in [0.25, 0.3) is 20.2 Å². The number of amides is 2. The summed E-state index contributed by atoms with van der Waals surface area (Å²) in [6, 6.07) is 2.54. The number of carbonyl (C=O) groups excluding carboxylic acids is 3. The lowest BCUT2D eigenvalue weighted by Gasteiger charge is -2.32. The van der Waals surface area contributed by atoms with Gasteiger partial charge >= 0.3 is 17.9 Å². The smallest absolute Gasteiger partial charge is 0.341 e. The van der Waals surface area contributed by atoms with E-state index in [2.05, 4.69) is 58.4 Å². The lowest BCUT2D eigenvalue weighted by Crippen LogP contribution is -2.49. The monoisotopic (exact) mass is 1020 g/mol. The number of fused-ring (bicyclic) bond motifs is 1. The molecular formula is C30H26Br3N3O16S3. The number of ether oxygens (including phenoxy) is 1. The minimum absolute atomic E-state index is 0.0133. The van der Waals surface area contributed by atoms with E-state index in [0.29, 0.717) is 0 Å². The number of aromatic hydroxyl groups is 2. The third kappa shape index (κ3) is 9.26. The number of rotatable bonds is 15. The van der Waals surface area contributed by atoms with Crippen molar-refractivity contribution in [1.29, 1.82) is 0 Å². The Morgan fingerprint density at radius 3 is 1.87 bits per heavy atom. The van der Waals surface area contributed by atoms with E-state index in [1.165, 1.54) is 0 Å². The van der Waals surface area contributed by atoms with Gasteiger partial charge in [-0.25, -0.2) is 4.79 Å². The Kier molecular flexibility index (Phi) is 13.4. The number of nitrogens with two attached hydrogens (primary N) is 1. The number of esters is 1. The third-order valence-electron chi connectivity index (χ3n) is 7.83. The van der Waals surface area contributed by atoms with E-state index in [9.17, 15) is 60.1 Å². The molecule has 4 rings (SSSR count). The van der Waals surface area contributed by atoms with Crippen LogP contribution < -0.4 is 16.4 Å². The van der Waals surface area contributed by atoms with E-state index in [0.717, 1.165) is 48.2 Å². The molecule has 3 aromatic rings. The average Bonchev–Trinajstić information content (AvgIpc) is 3.40. The molecule has 0 bridgehead atoms. The Bertz CT molecular complexity index is 2280. The molecule has 0 aromatic heterocycles. The number of carboxylic acids is 2. The molecule has 10 N–H and O–H groups in total. The predicted molar refractivity (Wildman–Crippen MR) is 199 cm³/mol. The molecule has 0 spiro atoms. The molecule has 25 heteroatoms. The second-order valence-corrected chi connectivity index (χ2v) is 17.6. The summed E-state index contributed by atoms with van der Waals surface area (Å²) in [4.78, 5) is 59.8. The quantitative estimate of drug-likeness (QED) is 0.0456. The van der Waals surface area contributed by atoms with E-state index in [1.54, 1.807) is 0 Å². The van der Waals surface area contributed by atoms with E-state index in [-0.39, 0.29) is 52.7 Å². The van der Waals surface area contributed by atoms with E-state index < -0.39 is 102 Å². The highest BCUT2D eigenvalue weighted by molar-refractivity contribution is 9.13. The number of nitrogens with one attached hydrogen (secondary N) is 2. The van der Waals surface area contributed by atoms with Crippen LogP contribution in [0, 0.1) is 0 Å². The Balaban J connectivity index is 1.90. The summed E-state index contributed by atoms with van der Waals surface area (Å²) in [6.07, 6.45) is -0.713. The first kappa shape index (κ1) is 43.9. The third-order valence-corrected chi connectivity index (χ3v) is 14.2. The zero-order valence-electron chi connectivity index (χ0n) is 27.1. The van der Waals surface area contributed by atoms with Crippen molar-refractivity contribution in [3.63, 3.8) is 0 Å². The van der Waals surface area contributed by atoms with Gasteiger partial charge in [-0.3, -0.25) is 28.3 Å². The standard InChI is InChI=1S/C30H26Br3N3O16S3/c31-23-21-22(24(32)25(33)26(23)53-10-14(27(42)35-9-20(40)41)36-19(39)6-3-13(34)28(43)44)30(52-29(21)45,11-1-4-15(37)17(7-11)54(46,47)48)12-2-5-16(38)18(8-12)55(49,50)51/h1-2,4-5,7-8,13-14,37-38H,3,6,9-10,34H2,(H,35,42)(H,36,39)(H,40,41)(H,43,44)(H,46,47,48)(H,49,50,51)/t13-,14-/m0/s1. The predicted octanol–water partition coefficient (Wildman–Crippen LogP) is 2.31. The van der Waals surface area contributed by atoms with Gasteiger partial charge in [-0.05, 0) is 78.5 Å². The van der Waals surface area contributed by atoms with Crippen LogP contribution in [0.15, 0.2) is 64.5 Å². The van der Waals surface area contributed by atoms with Gasteiger partial charge < -0.3 is 41.5 Å². The number of phenolic OH excluding ortho intramolecular Hbond substituents is 2. The highest BCUT2D eigenvalue weighted by atomic mass is 79.9. The molecule has 1 aliphatic rings. The second-order valence-electron chi connectivity index (χ2n) is 11.4. The molecule has 0 radical (unpaired) electrons. The number of halogens is 3. The Labute approximate surface area is 339 Å². The molecule has 0 fully saturated rings. The van der Waals surface area contributed by atoms with Crippen molar-refractivity contribution in [2.75, 3.05) is 12.3 Å². The van der Waals surface area contributed by atoms with E-state index in [1.807, 2.05) is 0 Å². The molecule has 0 saturated carbocycles. The summed E-state index contributed by atoms with van der Waals surface area (Å²) in [5, 5.41) is 43.2. The van der Waals surface area contributed by atoms with Gasteiger partial charge in [-0.1, -0.05) is 12.1 Å². The first-order valence-electron chi connectivity index (χ1n) is 14.9. The van der Waals surface area contributed by atoms with Crippen molar-refractivity contribution < 1.29 is 75.1 Å². The largest absolute Gasteiger partial charge is 0.506 e. The first-order valence-corrected chi connectivity index (χ1v) is 21.1. The fourth-order valence-electron chi connectivity index (χ4n) is 5.29. The maximum atomic E-state index is 13.9. The van der Waals surface area contributed by atoms with Gasteiger partial charge in [0.05, 0.1) is 5.56 Å². The van der Waals surface area contributed by atoms with Crippen LogP contribution >= 0.6 is 59.6 Å². The second kappa shape index (κ2) is 16.7. The van der Waals surface area contributed by atoms with E-state index >= 15 is 0 Å². The van der Waals surface area contributed by atoms with Crippen LogP contribution in [-0.4, -0.2) is 100 Å². The zero-order chi connectivity index (χ0) is 41.4. The van der Waals surface area contributed by atoms with Crippen molar-refractivity contribution in [3.8, 4) is 11.5 Å². The molecule has 3 aromatic carbocycles. The molecule has 0 unspecified atom stereocenters. The molecular weight excluding hydrogens is 994 g/mol. The minimum atomic E-state index is -5.14. The Morgan fingerprint density at radius 1 is 0.873 bits per heavy atom. The summed E-state index contributed by atoms with van der Waals surface area (Å²) in [7, 11) is -10.3. The molecule has 296 valence electrons. The van der Waals surface area contributed by atoms with Crippen LogP contribution in [0.5, 0.6) is 11.5 Å². The van der Waals surface area contributed by atoms with Gasteiger partial charge in [0, 0.05) is 47.2 Å². The van der Waals surface area contributed by atoms with Gasteiger partial charge in [-0.15, -0.1) is 11.8 Å². The van der Waals surface area contributed by atoms with Crippen LogP contribution in [0.2, 0.25) is 0 Å². The van der Waals surface area contributed by atoms with Gasteiger partial charge in [0.2, 0.25) is 11.8 Å². The van der Waals surface area contributed by atoms with Crippen LogP contribution in [0.4, 0.5) is 0 Å². The van der Waals surface area contributed by atoms with Crippen LogP contribution in [-0.2, 0) is 49.8 Å². The maximum absolute atomic E-state index is 13.9. The van der Waals surface area contributed by atoms with Crippen LogP contribution in [0.1, 0.15) is 39.9 Å². The van der Waals surface area contributed by atoms with Crippen molar-refractivity contribution in [3.05, 3.63) is 72.1 Å². The number of thioether (sulfide) groups is 1. The Hall–Kier alpha value is -3.82. The van der Waals surface area contributed by atoms with Crippen molar-refractivity contribution in [1.82, 2.24) is 10.6 Å². The molecule has 19 nitrogen and oxygen atoms in total. The molecule has 1 aliphatic heterocycles. The zero-order valence-corrected chi connectivity index (χ0v) is 34.4. The summed E-state index contributed by atoms with van der Waals surface area (Å²) in [5.74, 6) is -7.80. The maximum Gasteiger partial charge on any atom is 0.341 e. The fraction of sp³-hybridized carbons (Fsp3) is 0.233. The Morgan fingerprint density at radius 2 is 1.40 bits per heavy atom. The highest BCUT2D eigenvalue weighted by Crippen LogP contribution is 2.56. The number of aliphatic carboxylic acids is 2. The molecule has 0 saturated heterocycles. The fourth-order valence-corrected chi connectivity index (χ4v) is 10.3. The number of carboxylic acid groups (broad SMARTS) is 2. The lowest BCUT2D eigenvalue weighted by atomic mass is 9.80. The number of benzene rings is 3. The van der Waals surface area contributed by atoms with Crippen LogP contribution in [0.25, 0.3) is 0 Å². The van der Waals surface area contributed by atoms with Crippen molar-refractivity contribution in [2.24, 2.45) is 5.73 Å². The molecule has 55 heavy (non-hydrogen) atoms. The summed E-state index contributed by atoms with van der Waals surface area (Å²) in [5.41, 5.74) is 2.09. The number of hydrogen-bond acceptors (Lipinski definition) is 14. The SMILES string of the molecule is N[C@@H](CCC(=O)N[C@@H](CSc1c(Br)c(Br)c2c(c1Br)C(=O)OC2(c1ccc(O)c(S(=O)(=O)O)c1)c1ccc(O)c(S(=O)(=O)O)c1)C(=O)NCC(=O)O)C(=O)O. The normalized spacial score (nSPS) is 14.7. The van der Waals surface area contributed by atoms with Gasteiger partial charge in [-0.2, -0.15) is 16.8 Å². The van der Waals surface area contributed by atoms with Crippen molar-refractivity contribution >= 4 is 110 Å². The molecule has 2 atom stereocenters. The van der Waals surface area contributed by atoms with E-state index in [4.69, 9.17) is 20.7 Å². The van der Waals surface area contributed by atoms with Crippen LogP contribution in [0.3, 0.4) is 0 Å². The lowest BCUT2D eigenvalue weighted by molar-refractivity contribution is -0.139. The van der Waals surface area contributed by atoms with Gasteiger partial charge in [0.15, 0.2) is 5.60 Å². The number of hydrogen-bond donors (Lipinski definition) is 9. The highest BCUT2D eigenvalue weighted by Gasteiger charge is 2.53. The summed E-state index contributed by atoms with van der Waals surface area (Å²) >= 11 is 11.0. The molecule has 0 aliphatic carbocycles. The average molecular weight is 1020 g/mol. The number of phenols is 2. The number of cyclic esters (lactones) is 1. The number of carbonyl (C=O) groups is 5. The van der Waals surface area contributed by atoms with Crippen molar-refractivity contribution in [2.45, 2.75) is 45.2 Å². The minimum Gasteiger partial charge on any atom is -0.506 e. The summed E-state index contributed by atoms with van der Waals surface area (Å²) in [6.45, 7) is -0.821. The summed E-state index contributed by atoms with van der Waals surface area (Å²) < 4.78 is 74.6. The first-order chi connectivity index (χ1) is 25.4. The van der Waals surface area contributed by atoms with Gasteiger partial charge in [0.1, 0.15) is 39.9 Å². The molecule has 1 heterocycles. The molecule has 2 amide bonds. The topological polar surface area (TPSA) is 334 Å².